The Morgan fingerprint density at radius 1 is 1.50 bits per heavy atom. The summed E-state index contributed by atoms with van der Waals surface area (Å²) in [6, 6.07) is 2.34. The Kier molecular flexibility index (Phi) is 4.32. The zero-order valence-electron chi connectivity index (χ0n) is 8.95. The number of hydrogen-bond donors (Lipinski definition) is 1. The van der Waals surface area contributed by atoms with Gasteiger partial charge in [-0.1, -0.05) is 13.8 Å². The number of hydrogen-bond acceptors (Lipinski definition) is 4. The van der Waals surface area contributed by atoms with E-state index in [1.165, 1.54) is 0 Å². The minimum absolute atomic E-state index is 0.464. The minimum atomic E-state index is 0.464. The van der Waals surface area contributed by atoms with Gasteiger partial charge < -0.3 is 10.1 Å². The topological polar surface area (TPSA) is 47.0 Å². The Labute approximate surface area is 84.7 Å². The zero-order valence-corrected chi connectivity index (χ0v) is 8.95. The Hall–Kier alpha value is -1.16. The third-order valence-electron chi connectivity index (χ3n) is 1.59. The summed E-state index contributed by atoms with van der Waals surface area (Å²) >= 11 is 0. The number of ether oxygens (including phenoxy) is 1. The molecular weight excluding hydrogens is 178 g/mol. The number of rotatable bonds is 5. The van der Waals surface area contributed by atoms with Gasteiger partial charge in [0.25, 0.3) is 0 Å². The predicted octanol–water partition coefficient (Wildman–Crippen LogP) is 1.23. The summed E-state index contributed by atoms with van der Waals surface area (Å²) in [6.07, 6.45) is 1.72. The number of nitrogens with one attached hydrogen (secondary N) is 1. The molecule has 4 heteroatoms. The fraction of sp³-hybridized carbons (Fsp3) is 0.600. The first-order valence-corrected chi connectivity index (χ1v) is 4.81. The van der Waals surface area contributed by atoms with Crippen LogP contribution in [0, 0.1) is 5.92 Å². The Morgan fingerprint density at radius 3 is 2.93 bits per heavy atom. The molecule has 1 rings (SSSR count). The van der Waals surface area contributed by atoms with Gasteiger partial charge in [0.1, 0.15) is 0 Å². The minimum Gasteiger partial charge on any atom is -0.463 e. The molecule has 0 saturated carbocycles. The fourth-order valence-corrected chi connectivity index (χ4v) is 0.966. The van der Waals surface area contributed by atoms with Crippen molar-refractivity contribution in [1.82, 2.24) is 15.3 Å². The van der Waals surface area contributed by atoms with Crippen molar-refractivity contribution in [3.05, 3.63) is 18.0 Å². The van der Waals surface area contributed by atoms with Gasteiger partial charge >= 0.3 is 6.01 Å². The quantitative estimate of drug-likeness (QED) is 0.767. The molecule has 0 spiro atoms. The predicted molar refractivity (Wildman–Crippen MR) is 55.1 cm³/mol. The highest BCUT2D eigenvalue weighted by Crippen LogP contribution is 2.04. The highest BCUT2D eigenvalue weighted by molar-refractivity contribution is 5.05. The van der Waals surface area contributed by atoms with Gasteiger partial charge in [-0.3, -0.25) is 0 Å². The van der Waals surface area contributed by atoms with E-state index in [0.717, 1.165) is 12.2 Å². The molecule has 78 valence electrons. The summed E-state index contributed by atoms with van der Waals surface area (Å²) < 4.78 is 5.40. The molecule has 4 nitrogen and oxygen atoms in total. The van der Waals surface area contributed by atoms with Crippen LogP contribution in [0.3, 0.4) is 0 Å². The van der Waals surface area contributed by atoms with Gasteiger partial charge in [0.2, 0.25) is 0 Å². The van der Waals surface area contributed by atoms with Crippen LogP contribution in [0.25, 0.3) is 0 Å². The summed E-state index contributed by atoms with van der Waals surface area (Å²) in [7, 11) is 1.89. The molecule has 14 heavy (non-hydrogen) atoms. The molecular formula is C10H17N3O. The Balaban J connectivity index is 2.54. The van der Waals surface area contributed by atoms with Crippen LogP contribution in [-0.4, -0.2) is 23.6 Å². The zero-order chi connectivity index (χ0) is 10.4. The average Bonchev–Trinajstić information content (AvgIpc) is 2.16. The van der Waals surface area contributed by atoms with Gasteiger partial charge in [-0.15, -0.1) is 0 Å². The van der Waals surface area contributed by atoms with Crippen LogP contribution >= 0.6 is 0 Å². The number of aromatic nitrogens is 2. The van der Waals surface area contributed by atoms with Crippen molar-refractivity contribution in [3.63, 3.8) is 0 Å². The van der Waals surface area contributed by atoms with E-state index in [1.54, 1.807) is 6.20 Å². The maximum absolute atomic E-state index is 5.40. The van der Waals surface area contributed by atoms with E-state index in [1.807, 2.05) is 13.1 Å². The van der Waals surface area contributed by atoms with Crippen molar-refractivity contribution in [2.45, 2.75) is 20.4 Å². The van der Waals surface area contributed by atoms with Gasteiger partial charge in [-0.25, -0.2) is 4.98 Å². The highest BCUT2D eigenvalue weighted by Gasteiger charge is 2.00. The van der Waals surface area contributed by atoms with Gasteiger partial charge in [-0.05, 0) is 19.0 Å². The molecule has 0 aliphatic carbocycles. The number of nitrogens with zero attached hydrogens (tertiary/aromatic N) is 2. The molecule has 1 aromatic rings. The van der Waals surface area contributed by atoms with Crippen molar-refractivity contribution in [2.24, 2.45) is 5.92 Å². The molecule has 1 N–H and O–H groups in total. The van der Waals surface area contributed by atoms with E-state index >= 15 is 0 Å². The second-order valence-corrected chi connectivity index (χ2v) is 3.57. The molecule has 0 saturated heterocycles. The third kappa shape index (κ3) is 3.70. The lowest BCUT2D eigenvalue weighted by Crippen LogP contribution is -2.10. The standard InChI is InChI=1S/C10H17N3O/c1-8(2)7-14-10-12-5-4-9(13-10)6-11-3/h4-5,8,11H,6-7H2,1-3H3. The smallest absolute Gasteiger partial charge is 0.316 e. The van der Waals surface area contributed by atoms with E-state index in [4.69, 9.17) is 4.74 Å². The molecule has 0 bridgehead atoms. The molecule has 1 aromatic heterocycles. The first-order chi connectivity index (χ1) is 6.72. The van der Waals surface area contributed by atoms with E-state index in [9.17, 15) is 0 Å². The maximum Gasteiger partial charge on any atom is 0.316 e. The molecule has 0 aromatic carbocycles. The lowest BCUT2D eigenvalue weighted by atomic mass is 10.2. The van der Waals surface area contributed by atoms with Gasteiger partial charge in [0.05, 0.1) is 12.3 Å². The van der Waals surface area contributed by atoms with E-state index < -0.39 is 0 Å². The molecule has 0 unspecified atom stereocenters. The lowest BCUT2D eigenvalue weighted by molar-refractivity contribution is 0.250. The molecule has 0 radical (unpaired) electrons. The van der Waals surface area contributed by atoms with Crippen LogP contribution in [0.4, 0.5) is 0 Å². The summed E-state index contributed by atoms with van der Waals surface area (Å²) in [5.74, 6) is 0.492. The van der Waals surface area contributed by atoms with Crippen LogP contribution in [-0.2, 0) is 6.54 Å². The van der Waals surface area contributed by atoms with Crippen LogP contribution in [0.5, 0.6) is 6.01 Å². The first kappa shape index (κ1) is 10.9. The molecule has 0 atom stereocenters. The lowest BCUT2D eigenvalue weighted by Gasteiger charge is -2.07. The summed E-state index contributed by atoms with van der Waals surface area (Å²) in [4.78, 5) is 8.27. The molecule has 0 aliphatic rings. The van der Waals surface area contributed by atoms with Crippen LogP contribution < -0.4 is 10.1 Å². The molecule has 0 aliphatic heterocycles. The van der Waals surface area contributed by atoms with E-state index in [2.05, 4.69) is 29.1 Å². The molecule has 0 amide bonds. The van der Waals surface area contributed by atoms with Crippen LogP contribution in [0.15, 0.2) is 12.3 Å². The van der Waals surface area contributed by atoms with E-state index in [0.29, 0.717) is 18.5 Å². The third-order valence-corrected chi connectivity index (χ3v) is 1.59. The monoisotopic (exact) mass is 195 g/mol. The summed E-state index contributed by atoms with van der Waals surface area (Å²) in [6.45, 7) is 5.58. The second-order valence-electron chi connectivity index (χ2n) is 3.57. The van der Waals surface area contributed by atoms with Crippen LogP contribution in [0.1, 0.15) is 19.5 Å². The second kappa shape index (κ2) is 5.54. The molecule has 1 heterocycles. The fourth-order valence-electron chi connectivity index (χ4n) is 0.966. The van der Waals surface area contributed by atoms with Crippen molar-refractivity contribution in [2.75, 3.05) is 13.7 Å². The van der Waals surface area contributed by atoms with Crippen LogP contribution in [0.2, 0.25) is 0 Å². The summed E-state index contributed by atoms with van der Waals surface area (Å²) in [5.41, 5.74) is 0.946. The maximum atomic E-state index is 5.40. The van der Waals surface area contributed by atoms with Crippen molar-refractivity contribution in [1.29, 1.82) is 0 Å². The normalized spacial score (nSPS) is 10.6. The van der Waals surface area contributed by atoms with Crippen molar-refractivity contribution < 1.29 is 4.74 Å². The highest BCUT2D eigenvalue weighted by atomic mass is 16.5. The van der Waals surface area contributed by atoms with Crippen molar-refractivity contribution in [3.8, 4) is 6.01 Å². The SMILES string of the molecule is CNCc1ccnc(OCC(C)C)n1. The Bertz CT molecular complexity index is 276. The molecule has 0 fully saturated rings. The average molecular weight is 195 g/mol. The van der Waals surface area contributed by atoms with Gasteiger partial charge in [0, 0.05) is 12.7 Å². The van der Waals surface area contributed by atoms with Gasteiger partial charge in [-0.2, -0.15) is 4.98 Å². The Morgan fingerprint density at radius 2 is 2.29 bits per heavy atom. The largest absolute Gasteiger partial charge is 0.463 e. The first-order valence-electron chi connectivity index (χ1n) is 4.81. The summed E-state index contributed by atoms with van der Waals surface area (Å²) in [5, 5.41) is 3.03. The van der Waals surface area contributed by atoms with Gasteiger partial charge in [0.15, 0.2) is 0 Å². The van der Waals surface area contributed by atoms with E-state index in [-0.39, 0.29) is 0 Å². The van der Waals surface area contributed by atoms with Crippen molar-refractivity contribution >= 4 is 0 Å².